The second kappa shape index (κ2) is 17.6. The zero-order valence-electron chi connectivity index (χ0n) is 38.0. The Labute approximate surface area is 410 Å². The summed E-state index contributed by atoms with van der Waals surface area (Å²) in [5, 5.41) is 13.2. The number of nitrogens with zero attached hydrogens (tertiary/aromatic N) is 6. The van der Waals surface area contributed by atoms with Crippen molar-refractivity contribution in [1.29, 1.82) is 5.26 Å². The third kappa shape index (κ3) is 7.09. The molecule has 0 saturated carbocycles. The van der Waals surface area contributed by atoms with Gasteiger partial charge in [0.05, 0.1) is 45.8 Å². The summed E-state index contributed by atoms with van der Waals surface area (Å²) in [5.41, 5.74) is 6.84. The summed E-state index contributed by atoms with van der Waals surface area (Å²) < 4.78 is 72.3. The quantitative estimate of drug-likeness (QED) is 0.0823. The van der Waals surface area contributed by atoms with Crippen molar-refractivity contribution in [2.75, 3.05) is 9.80 Å². The zero-order chi connectivity index (χ0) is 49.0. The van der Waals surface area contributed by atoms with Crippen LogP contribution in [-0.2, 0) is 0 Å². The molecule has 2 aromatic heterocycles. The van der Waals surface area contributed by atoms with Crippen LogP contribution in [-0.4, -0.2) is 9.13 Å². The van der Waals surface area contributed by atoms with Gasteiger partial charge in [-0.3, -0.25) is 0 Å². The highest BCUT2D eigenvalue weighted by atomic mass is 19.2. The molecule has 0 amide bonds. The molecule has 10 aromatic carbocycles. The molecule has 0 spiro atoms. The first-order chi connectivity index (χ1) is 35.3. The number of aromatic nitrogens is 2. The van der Waals surface area contributed by atoms with Gasteiger partial charge in [0.1, 0.15) is 5.69 Å². The van der Waals surface area contributed by atoms with Gasteiger partial charge in [-0.15, -0.1) is 0 Å². The summed E-state index contributed by atoms with van der Waals surface area (Å²) >= 11 is 0. The van der Waals surface area contributed by atoms with E-state index in [0.29, 0.717) is 17.1 Å². The lowest BCUT2D eigenvalue weighted by Crippen LogP contribution is -2.16. The second-order valence-electron chi connectivity index (χ2n) is 17.3. The SMILES string of the molecule is [C-]#[N+]c1ccc(N(c2ccc(-c3c(F)c(F)c(N(c4ccc(C#N)cc4)c4ccc5c(c4)c4ccccc4n5-c4ccccc4)c(F)c3F)cc2)c2ccc3c(c2)c2ccccc2n3-c2ccccc2)cc1. The fourth-order valence-corrected chi connectivity index (χ4v) is 9.97. The lowest BCUT2D eigenvalue weighted by Gasteiger charge is -2.28. The molecular formula is C62H36F4N6. The molecule has 0 radical (unpaired) electrons. The normalized spacial score (nSPS) is 11.3. The van der Waals surface area contributed by atoms with E-state index < -0.39 is 34.5 Å². The van der Waals surface area contributed by atoms with Crippen molar-refractivity contribution in [3.8, 4) is 28.6 Å². The summed E-state index contributed by atoms with van der Waals surface area (Å²) in [6.07, 6.45) is 0. The highest BCUT2D eigenvalue weighted by Gasteiger charge is 2.32. The molecule has 0 N–H and O–H groups in total. The first kappa shape index (κ1) is 43.4. The molecule has 342 valence electrons. The lowest BCUT2D eigenvalue weighted by molar-refractivity contribution is 0.461. The predicted octanol–water partition coefficient (Wildman–Crippen LogP) is 17.5. The average molecular weight is 941 g/mol. The molecule has 0 aliphatic carbocycles. The molecular weight excluding hydrogens is 905 g/mol. The Morgan fingerprint density at radius 2 is 0.806 bits per heavy atom. The van der Waals surface area contributed by atoms with Crippen LogP contribution in [0.3, 0.4) is 0 Å². The van der Waals surface area contributed by atoms with E-state index in [1.54, 1.807) is 36.4 Å². The van der Waals surface area contributed by atoms with Gasteiger partial charge in [-0.25, -0.2) is 22.4 Å². The number of hydrogen-bond acceptors (Lipinski definition) is 3. The highest BCUT2D eigenvalue weighted by molar-refractivity contribution is 6.12. The molecule has 2 heterocycles. The summed E-state index contributed by atoms with van der Waals surface area (Å²) in [4.78, 5) is 6.67. The van der Waals surface area contributed by atoms with Gasteiger partial charge in [0, 0.05) is 61.4 Å². The van der Waals surface area contributed by atoms with Gasteiger partial charge in [0.15, 0.2) is 29.0 Å². The Balaban J connectivity index is 0.977. The Morgan fingerprint density at radius 3 is 1.29 bits per heavy atom. The van der Waals surface area contributed by atoms with Crippen molar-refractivity contribution in [3.05, 3.63) is 259 Å². The maximum absolute atomic E-state index is 17.1. The maximum Gasteiger partial charge on any atom is 0.187 e. The average Bonchev–Trinajstić information content (AvgIpc) is 3.95. The van der Waals surface area contributed by atoms with E-state index in [1.807, 2.05) is 120 Å². The van der Waals surface area contributed by atoms with Crippen LogP contribution >= 0.6 is 0 Å². The molecule has 0 bridgehead atoms. The number of fused-ring (bicyclic) bond motifs is 6. The van der Waals surface area contributed by atoms with Crippen LogP contribution in [0.4, 0.5) is 57.4 Å². The number of nitriles is 1. The topological polar surface area (TPSA) is 44.5 Å². The number of anilines is 6. The van der Waals surface area contributed by atoms with Gasteiger partial charge in [-0.1, -0.05) is 97.1 Å². The highest BCUT2D eigenvalue weighted by Crippen LogP contribution is 2.46. The van der Waals surface area contributed by atoms with Gasteiger partial charge in [-0.05, 0) is 127 Å². The molecule has 10 heteroatoms. The van der Waals surface area contributed by atoms with Crippen LogP contribution in [0, 0.1) is 41.2 Å². The number of hydrogen-bond donors (Lipinski definition) is 0. The molecule has 0 unspecified atom stereocenters. The number of halogens is 4. The monoisotopic (exact) mass is 940 g/mol. The van der Waals surface area contributed by atoms with Crippen molar-refractivity contribution < 1.29 is 17.6 Å². The fourth-order valence-electron chi connectivity index (χ4n) is 9.97. The molecule has 0 fully saturated rings. The summed E-state index contributed by atoms with van der Waals surface area (Å²) in [7, 11) is 0. The maximum atomic E-state index is 17.1. The van der Waals surface area contributed by atoms with Crippen LogP contribution in [0.15, 0.2) is 218 Å². The first-order valence-electron chi connectivity index (χ1n) is 23.0. The standard InChI is InChI=1S/C62H36F4N6/c1-68-41-24-30-45(31-25-41)69(47-32-34-55-51(36-47)49-16-8-10-18-53(49)71(55)42-12-4-2-5-13-42)44-28-22-40(23-29-44)57-58(63)60(65)62(61(66)59(57)64)70(46-26-20-39(38-67)21-27-46)48-33-35-56-52(37-48)50-17-9-11-19-54(50)72(56)43-14-6-3-7-15-43/h2-37H. The van der Waals surface area contributed by atoms with Crippen molar-refractivity contribution in [3.63, 3.8) is 0 Å². The Bertz CT molecular complexity index is 4130. The Morgan fingerprint density at radius 1 is 0.403 bits per heavy atom. The summed E-state index contributed by atoms with van der Waals surface area (Å²) in [6, 6.07) is 68.3. The van der Waals surface area contributed by atoms with Gasteiger partial charge in [0.2, 0.25) is 0 Å². The van der Waals surface area contributed by atoms with E-state index in [2.05, 4.69) is 50.4 Å². The molecule has 0 atom stereocenters. The summed E-state index contributed by atoms with van der Waals surface area (Å²) in [6.45, 7) is 7.56. The molecule has 6 nitrogen and oxygen atoms in total. The third-order valence-electron chi connectivity index (χ3n) is 13.2. The van der Waals surface area contributed by atoms with E-state index >= 15 is 17.6 Å². The molecule has 72 heavy (non-hydrogen) atoms. The van der Waals surface area contributed by atoms with E-state index in [-0.39, 0.29) is 22.5 Å². The smallest absolute Gasteiger partial charge is 0.187 e. The van der Waals surface area contributed by atoms with E-state index in [9.17, 15) is 5.26 Å². The number of para-hydroxylation sites is 4. The van der Waals surface area contributed by atoms with Crippen molar-refractivity contribution in [2.24, 2.45) is 0 Å². The largest absolute Gasteiger partial charge is 0.311 e. The van der Waals surface area contributed by atoms with Crippen molar-refractivity contribution in [2.45, 2.75) is 0 Å². The minimum Gasteiger partial charge on any atom is -0.311 e. The van der Waals surface area contributed by atoms with Crippen LogP contribution in [0.25, 0.3) is 71.0 Å². The minimum absolute atomic E-state index is 0.0946. The number of rotatable bonds is 9. The molecule has 0 aliphatic rings. The second-order valence-corrected chi connectivity index (χ2v) is 17.3. The van der Waals surface area contributed by atoms with Crippen LogP contribution < -0.4 is 9.80 Å². The molecule has 12 aromatic rings. The molecule has 0 aliphatic heterocycles. The summed E-state index contributed by atoms with van der Waals surface area (Å²) in [5.74, 6) is -6.37. The van der Waals surface area contributed by atoms with Crippen molar-refractivity contribution >= 4 is 83.4 Å². The third-order valence-corrected chi connectivity index (χ3v) is 13.2. The first-order valence-corrected chi connectivity index (χ1v) is 23.0. The Hall–Kier alpha value is -9.90. The van der Waals surface area contributed by atoms with Gasteiger partial charge < -0.3 is 18.9 Å². The van der Waals surface area contributed by atoms with Gasteiger partial charge >= 0.3 is 0 Å². The molecule has 0 saturated heterocycles. The van der Waals surface area contributed by atoms with Gasteiger partial charge in [-0.2, -0.15) is 5.26 Å². The van der Waals surface area contributed by atoms with Crippen LogP contribution in [0.1, 0.15) is 5.56 Å². The van der Waals surface area contributed by atoms with Crippen LogP contribution in [0.2, 0.25) is 0 Å². The van der Waals surface area contributed by atoms with E-state index in [4.69, 9.17) is 6.57 Å². The van der Waals surface area contributed by atoms with Crippen LogP contribution in [0.5, 0.6) is 0 Å². The minimum atomic E-state index is -1.60. The lowest BCUT2D eigenvalue weighted by atomic mass is 10.0. The fraction of sp³-hybridized carbons (Fsp3) is 0. The molecule has 12 rings (SSSR count). The van der Waals surface area contributed by atoms with E-state index in [0.717, 1.165) is 65.6 Å². The van der Waals surface area contributed by atoms with Crippen molar-refractivity contribution in [1.82, 2.24) is 9.13 Å². The van der Waals surface area contributed by atoms with Gasteiger partial charge in [0.25, 0.3) is 0 Å². The van der Waals surface area contributed by atoms with E-state index in [1.165, 1.54) is 36.4 Å². The predicted molar refractivity (Wildman–Crippen MR) is 281 cm³/mol. The zero-order valence-corrected chi connectivity index (χ0v) is 38.0. The number of benzene rings is 10. The Kier molecular flexibility index (Phi) is 10.6.